The van der Waals surface area contributed by atoms with Crippen LogP contribution in [-0.2, 0) is 10.0 Å². The van der Waals surface area contributed by atoms with Gasteiger partial charge in [0.2, 0.25) is 10.0 Å². The zero-order chi connectivity index (χ0) is 15.6. The van der Waals surface area contributed by atoms with E-state index in [1.165, 1.54) is 29.4 Å². The molecular formula is C13H19N3O4S. The van der Waals surface area contributed by atoms with Crippen molar-refractivity contribution >= 4 is 15.7 Å². The van der Waals surface area contributed by atoms with Crippen molar-refractivity contribution in [3.63, 3.8) is 0 Å². The van der Waals surface area contributed by atoms with Crippen molar-refractivity contribution in [1.82, 2.24) is 4.31 Å². The fourth-order valence-electron chi connectivity index (χ4n) is 2.53. The van der Waals surface area contributed by atoms with Crippen LogP contribution in [0.5, 0.6) is 0 Å². The normalized spacial score (nSPS) is 17.8. The summed E-state index contributed by atoms with van der Waals surface area (Å²) < 4.78 is 26.5. The molecule has 0 spiro atoms. The topological polar surface area (TPSA) is 107 Å². The van der Waals surface area contributed by atoms with Crippen molar-refractivity contribution in [3.05, 3.63) is 33.9 Å². The van der Waals surface area contributed by atoms with Crippen molar-refractivity contribution < 1.29 is 13.3 Å². The molecule has 0 bridgehead atoms. The third-order valence-electron chi connectivity index (χ3n) is 3.91. The Hall–Kier alpha value is -1.51. The Kier molecular flexibility index (Phi) is 4.60. The van der Waals surface area contributed by atoms with E-state index in [9.17, 15) is 18.5 Å². The Morgan fingerprint density at radius 2 is 2.00 bits per heavy atom. The van der Waals surface area contributed by atoms with Crippen molar-refractivity contribution in [2.24, 2.45) is 11.7 Å². The Balaban J connectivity index is 2.24. The SMILES string of the molecule is Cc1cc(S(=O)(=O)N2CCC(CN)CC2)ccc1[N+](=O)[O-]. The van der Waals surface area contributed by atoms with Gasteiger partial charge in [-0.15, -0.1) is 0 Å². The lowest BCUT2D eigenvalue weighted by Gasteiger charge is -2.30. The molecule has 1 aromatic carbocycles. The van der Waals surface area contributed by atoms with E-state index >= 15 is 0 Å². The van der Waals surface area contributed by atoms with Gasteiger partial charge in [0.25, 0.3) is 5.69 Å². The standard InChI is InChI=1S/C13H19N3O4S/c1-10-8-12(2-3-13(10)16(17)18)21(19,20)15-6-4-11(9-14)5-7-15/h2-3,8,11H,4-7,9,14H2,1H3. The van der Waals surface area contributed by atoms with Crippen molar-refractivity contribution in [2.45, 2.75) is 24.7 Å². The minimum absolute atomic E-state index is 0.0733. The molecule has 1 heterocycles. The number of nitrogens with zero attached hydrogens (tertiary/aromatic N) is 2. The molecule has 0 unspecified atom stereocenters. The van der Waals surface area contributed by atoms with Gasteiger partial charge in [-0.3, -0.25) is 10.1 Å². The molecule has 0 amide bonds. The van der Waals surface area contributed by atoms with E-state index in [0.29, 0.717) is 31.1 Å². The van der Waals surface area contributed by atoms with E-state index in [1.807, 2.05) is 0 Å². The van der Waals surface area contributed by atoms with Crippen LogP contribution in [0.1, 0.15) is 18.4 Å². The van der Waals surface area contributed by atoms with Gasteiger partial charge in [-0.25, -0.2) is 8.42 Å². The number of rotatable bonds is 4. The molecule has 0 aromatic heterocycles. The van der Waals surface area contributed by atoms with Crippen molar-refractivity contribution in [2.75, 3.05) is 19.6 Å². The monoisotopic (exact) mass is 313 g/mol. The average Bonchev–Trinajstić information content (AvgIpc) is 2.46. The maximum Gasteiger partial charge on any atom is 0.272 e. The first-order valence-electron chi connectivity index (χ1n) is 6.81. The van der Waals surface area contributed by atoms with E-state index in [1.54, 1.807) is 0 Å². The summed E-state index contributed by atoms with van der Waals surface area (Å²) in [7, 11) is -3.59. The molecule has 0 atom stereocenters. The first-order chi connectivity index (χ1) is 9.86. The van der Waals surface area contributed by atoms with Gasteiger partial charge in [0.05, 0.1) is 9.82 Å². The van der Waals surface area contributed by atoms with E-state index in [2.05, 4.69) is 0 Å². The molecule has 116 valence electrons. The van der Waals surface area contributed by atoms with Crippen LogP contribution in [0.3, 0.4) is 0 Å². The van der Waals surface area contributed by atoms with Gasteiger partial charge in [0, 0.05) is 24.7 Å². The summed E-state index contributed by atoms with van der Waals surface area (Å²) >= 11 is 0. The molecule has 21 heavy (non-hydrogen) atoms. The number of benzene rings is 1. The summed E-state index contributed by atoms with van der Waals surface area (Å²) in [6.45, 7) is 3.00. The fourth-order valence-corrected chi connectivity index (χ4v) is 4.08. The van der Waals surface area contributed by atoms with Crippen LogP contribution < -0.4 is 5.73 Å². The summed E-state index contributed by atoms with van der Waals surface area (Å²) in [5.41, 5.74) is 5.87. The number of hydrogen-bond acceptors (Lipinski definition) is 5. The van der Waals surface area contributed by atoms with Crippen LogP contribution in [-0.4, -0.2) is 37.3 Å². The molecule has 1 saturated heterocycles. The lowest BCUT2D eigenvalue weighted by Crippen LogP contribution is -2.40. The predicted molar refractivity (Wildman–Crippen MR) is 78.4 cm³/mol. The maximum atomic E-state index is 12.5. The Morgan fingerprint density at radius 1 is 1.38 bits per heavy atom. The predicted octanol–water partition coefficient (Wildman–Crippen LogP) is 1.26. The van der Waals surface area contributed by atoms with Crippen LogP contribution >= 0.6 is 0 Å². The third kappa shape index (κ3) is 3.22. The van der Waals surface area contributed by atoms with Crippen LogP contribution in [0.25, 0.3) is 0 Å². The zero-order valence-electron chi connectivity index (χ0n) is 11.9. The zero-order valence-corrected chi connectivity index (χ0v) is 12.7. The second-order valence-corrected chi connectivity index (χ2v) is 7.23. The van der Waals surface area contributed by atoms with Gasteiger partial charge in [-0.1, -0.05) is 0 Å². The van der Waals surface area contributed by atoms with Gasteiger partial charge in [0.1, 0.15) is 0 Å². The molecule has 0 aliphatic carbocycles. The number of hydrogen-bond donors (Lipinski definition) is 1. The van der Waals surface area contributed by atoms with Crippen molar-refractivity contribution in [1.29, 1.82) is 0 Å². The van der Waals surface area contributed by atoms with Gasteiger partial charge in [0.15, 0.2) is 0 Å². The van der Waals surface area contributed by atoms with E-state index < -0.39 is 14.9 Å². The molecule has 1 aliphatic rings. The molecule has 0 saturated carbocycles. The molecule has 1 fully saturated rings. The highest BCUT2D eigenvalue weighted by molar-refractivity contribution is 7.89. The quantitative estimate of drug-likeness (QED) is 0.665. The molecule has 7 nitrogen and oxygen atoms in total. The average molecular weight is 313 g/mol. The van der Waals surface area contributed by atoms with Gasteiger partial charge in [-0.2, -0.15) is 4.31 Å². The first kappa shape index (κ1) is 15.9. The third-order valence-corrected chi connectivity index (χ3v) is 5.80. The fraction of sp³-hybridized carbons (Fsp3) is 0.538. The summed E-state index contributed by atoms with van der Waals surface area (Å²) in [6.07, 6.45) is 1.50. The first-order valence-corrected chi connectivity index (χ1v) is 8.25. The maximum absolute atomic E-state index is 12.5. The highest BCUT2D eigenvalue weighted by atomic mass is 32.2. The molecule has 8 heteroatoms. The van der Waals surface area contributed by atoms with E-state index in [-0.39, 0.29) is 10.6 Å². The molecule has 0 radical (unpaired) electrons. The highest BCUT2D eigenvalue weighted by Crippen LogP contribution is 2.26. The summed E-state index contributed by atoms with van der Waals surface area (Å²) in [5.74, 6) is 0.370. The molecule has 1 aromatic rings. The summed E-state index contributed by atoms with van der Waals surface area (Å²) in [4.78, 5) is 10.4. The van der Waals surface area contributed by atoms with E-state index in [0.717, 1.165) is 12.8 Å². The second kappa shape index (κ2) is 6.08. The Labute approximate surface area is 123 Å². The number of piperidine rings is 1. The smallest absolute Gasteiger partial charge is 0.272 e. The highest BCUT2D eigenvalue weighted by Gasteiger charge is 2.29. The van der Waals surface area contributed by atoms with Crippen LogP contribution in [0.15, 0.2) is 23.1 Å². The van der Waals surface area contributed by atoms with Gasteiger partial charge < -0.3 is 5.73 Å². The molecule has 1 aliphatic heterocycles. The lowest BCUT2D eigenvalue weighted by atomic mass is 9.99. The summed E-state index contributed by atoms with van der Waals surface area (Å²) in [6, 6.07) is 3.91. The van der Waals surface area contributed by atoms with Crippen LogP contribution in [0.2, 0.25) is 0 Å². The minimum Gasteiger partial charge on any atom is -0.330 e. The van der Waals surface area contributed by atoms with Gasteiger partial charge >= 0.3 is 0 Å². The van der Waals surface area contributed by atoms with Gasteiger partial charge in [-0.05, 0) is 44.4 Å². The number of nitro groups is 1. The molecule has 2 rings (SSSR count). The lowest BCUT2D eigenvalue weighted by molar-refractivity contribution is -0.385. The van der Waals surface area contributed by atoms with E-state index in [4.69, 9.17) is 5.73 Å². The number of aryl methyl sites for hydroxylation is 1. The number of nitro benzene ring substituents is 1. The Morgan fingerprint density at radius 3 is 2.48 bits per heavy atom. The number of sulfonamides is 1. The van der Waals surface area contributed by atoms with Crippen molar-refractivity contribution in [3.8, 4) is 0 Å². The largest absolute Gasteiger partial charge is 0.330 e. The molecular weight excluding hydrogens is 294 g/mol. The number of nitrogens with two attached hydrogens (primary N) is 1. The summed E-state index contributed by atoms with van der Waals surface area (Å²) in [5, 5.41) is 10.8. The second-order valence-electron chi connectivity index (χ2n) is 5.29. The van der Waals surface area contributed by atoms with Crippen LogP contribution in [0, 0.1) is 23.0 Å². The Bertz CT molecular complexity index is 637. The minimum atomic E-state index is -3.59. The molecule has 2 N–H and O–H groups in total. The van der Waals surface area contributed by atoms with Crippen LogP contribution in [0.4, 0.5) is 5.69 Å².